The number of benzene rings is 2. The van der Waals surface area contributed by atoms with Crippen LogP contribution in [0, 0.1) is 0 Å². The quantitative estimate of drug-likeness (QED) is 0.534. The first-order valence-electron chi connectivity index (χ1n) is 10.1. The lowest BCUT2D eigenvalue weighted by molar-refractivity contribution is -0.120. The van der Waals surface area contributed by atoms with Gasteiger partial charge in [0, 0.05) is 38.2 Å². The van der Waals surface area contributed by atoms with Gasteiger partial charge in [-0.1, -0.05) is 30.3 Å². The van der Waals surface area contributed by atoms with Crippen molar-refractivity contribution in [2.75, 3.05) is 18.6 Å². The standard InChI is InChI=1S/C23H20N6O3/c1-28-20-9-16-17(25-8-7-24-16)10-21(20)32-13-19(23(28)31)27-22(30)18-12-29(14-26-18)11-15-5-3-2-4-6-15/h2-10,12,14,19H,11,13H2,1H3,(H,27,30)/t19-/m0/s1. The minimum atomic E-state index is -0.858. The van der Waals surface area contributed by atoms with Crippen molar-refractivity contribution in [1.29, 1.82) is 0 Å². The van der Waals surface area contributed by atoms with Crippen molar-refractivity contribution in [3.05, 3.63) is 78.6 Å². The fourth-order valence-corrected chi connectivity index (χ4v) is 3.65. The van der Waals surface area contributed by atoms with Gasteiger partial charge in [-0.2, -0.15) is 0 Å². The number of nitrogens with one attached hydrogen (secondary N) is 1. The van der Waals surface area contributed by atoms with Crippen LogP contribution in [0.4, 0.5) is 5.69 Å². The molecule has 0 fully saturated rings. The summed E-state index contributed by atoms with van der Waals surface area (Å²) in [5.74, 6) is -0.214. The molecule has 0 unspecified atom stereocenters. The highest BCUT2D eigenvalue weighted by atomic mass is 16.5. The maximum absolute atomic E-state index is 13.0. The molecule has 0 aliphatic carbocycles. The van der Waals surface area contributed by atoms with Crippen molar-refractivity contribution in [1.82, 2.24) is 24.8 Å². The fourth-order valence-electron chi connectivity index (χ4n) is 3.65. The maximum Gasteiger partial charge on any atom is 0.272 e. The van der Waals surface area contributed by atoms with Crippen molar-refractivity contribution >= 4 is 28.5 Å². The Morgan fingerprint density at radius 1 is 1.12 bits per heavy atom. The minimum Gasteiger partial charge on any atom is -0.489 e. The molecule has 3 heterocycles. The number of hydrogen-bond acceptors (Lipinski definition) is 6. The van der Waals surface area contributed by atoms with E-state index < -0.39 is 11.9 Å². The van der Waals surface area contributed by atoms with Crippen LogP contribution in [0.15, 0.2) is 67.4 Å². The summed E-state index contributed by atoms with van der Waals surface area (Å²) < 4.78 is 7.68. The van der Waals surface area contributed by atoms with Gasteiger partial charge in [-0.3, -0.25) is 19.6 Å². The monoisotopic (exact) mass is 428 g/mol. The van der Waals surface area contributed by atoms with Gasteiger partial charge in [-0.15, -0.1) is 0 Å². The molecule has 0 saturated heterocycles. The van der Waals surface area contributed by atoms with Crippen molar-refractivity contribution in [3.8, 4) is 5.75 Å². The molecule has 1 aliphatic heterocycles. The zero-order chi connectivity index (χ0) is 22.1. The summed E-state index contributed by atoms with van der Waals surface area (Å²) in [6, 6.07) is 12.5. The summed E-state index contributed by atoms with van der Waals surface area (Å²) in [6.07, 6.45) is 6.45. The lowest BCUT2D eigenvalue weighted by Crippen LogP contribution is -2.49. The number of rotatable bonds is 4. The van der Waals surface area contributed by atoms with Crippen molar-refractivity contribution < 1.29 is 14.3 Å². The number of likely N-dealkylation sites (N-methyl/N-ethyl adjacent to an activating group) is 1. The SMILES string of the molecule is CN1C(=O)[C@@H](NC(=O)c2cn(Cc3ccccc3)cn2)COc2cc3nccnc3cc21. The van der Waals surface area contributed by atoms with E-state index in [1.165, 1.54) is 4.90 Å². The maximum atomic E-state index is 13.0. The third kappa shape index (κ3) is 3.76. The highest BCUT2D eigenvalue weighted by Gasteiger charge is 2.31. The molecule has 2 aromatic carbocycles. The summed E-state index contributed by atoms with van der Waals surface area (Å²) in [5.41, 5.74) is 3.23. The molecule has 0 spiro atoms. The van der Waals surface area contributed by atoms with Crippen LogP contribution in [-0.2, 0) is 11.3 Å². The Bertz CT molecular complexity index is 1300. The number of hydrogen-bond donors (Lipinski definition) is 1. The third-order valence-electron chi connectivity index (χ3n) is 5.32. The predicted octanol–water partition coefficient (Wildman–Crippen LogP) is 2.03. The summed E-state index contributed by atoms with van der Waals surface area (Å²) in [7, 11) is 1.64. The zero-order valence-corrected chi connectivity index (χ0v) is 17.3. The Balaban J connectivity index is 1.32. The molecule has 0 radical (unpaired) electrons. The Kier molecular flexibility index (Phi) is 4.98. The molecule has 9 nitrogen and oxygen atoms in total. The van der Waals surface area contributed by atoms with Gasteiger partial charge < -0.3 is 19.5 Å². The van der Waals surface area contributed by atoms with Crippen LogP contribution in [0.2, 0.25) is 0 Å². The first kappa shape index (κ1) is 19.7. The molecule has 2 amide bonds. The molecule has 2 aromatic heterocycles. The molecule has 9 heteroatoms. The van der Waals surface area contributed by atoms with Gasteiger partial charge in [0.25, 0.3) is 11.8 Å². The number of ether oxygens (including phenoxy) is 1. The van der Waals surface area contributed by atoms with Crippen molar-refractivity contribution in [2.24, 2.45) is 0 Å². The minimum absolute atomic E-state index is 0.00158. The second kappa shape index (κ2) is 8.10. The third-order valence-corrected chi connectivity index (χ3v) is 5.32. The van der Waals surface area contributed by atoms with Crippen LogP contribution in [-0.4, -0.2) is 51.0 Å². The van der Waals surface area contributed by atoms with Gasteiger partial charge in [-0.25, -0.2) is 4.98 Å². The molecular weight excluding hydrogens is 408 g/mol. The molecule has 1 N–H and O–H groups in total. The van der Waals surface area contributed by atoms with E-state index in [2.05, 4.69) is 20.3 Å². The Morgan fingerprint density at radius 3 is 2.66 bits per heavy atom. The largest absolute Gasteiger partial charge is 0.489 e. The van der Waals surface area contributed by atoms with E-state index in [1.807, 2.05) is 34.9 Å². The Hall–Kier alpha value is -4.27. The summed E-state index contributed by atoms with van der Waals surface area (Å²) in [4.78, 5) is 40.0. The number of aromatic nitrogens is 4. The van der Waals surface area contributed by atoms with Gasteiger partial charge in [-0.05, 0) is 11.6 Å². The number of carbonyl (C=O) groups is 2. The number of amides is 2. The molecule has 5 rings (SSSR count). The van der Waals surface area contributed by atoms with E-state index in [9.17, 15) is 9.59 Å². The topological polar surface area (TPSA) is 102 Å². The van der Waals surface area contributed by atoms with Crippen LogP contribution < -0.4 is 15.0 Å². The van der Waals surface area contributed by atoms with Crippen LogP contribution in [0.5, 0.6) is 5.75 Å². The molecule has 4 aromatic rings. The number of fused-ring (bicyclic) bond motifs is 2. The van der Waals surface area contributed by atoms with E-state index in [-0.39, 0.29) is 18.2 Å². The van der Waals surface area contributed by atoms with Gasteiger partial charge >= 0.3 is 0 Å². The van der Waals surface area contributed by atoms with E-state index in [1.54, 1.807) is 44.1 Å². The van der Waals surface area contributed by atoms with Crippen LogP contribution in [0.3, 0.4) is 0 Å². The van der Waals surface area contributed by atoms with E-state index in [0.29, 0.717) is 29.0 Å². The average Bonchev–Trinajstić information content (AvgIpc) is 3.25. The van der Waals surface area contributed by atoms with Gasteiger partial charge in [0.2, 0.25) is 0 Å². The highest BCUT2D eigenvalue weighted by Crippen LogP contribution is 2.33. The fraction of sp³-hybridized carbons (Fsp3) is 0.174. The average molecular weight is 428 g/mol. The second-order valence-electron chi connectivity index (χ2n) is 7.52. The first-order chi connectivity index (χ1) is 15.6. The van der Waals surface area contributed by atoms with Crippen LogP contribution >= 0.6 is 0 Å². The van der Waals surface area contributed by atoms with Crippen LogP contribution in [0.25, 0.3) is 11.0 Å². The summed E-state index contributed by atoms with van der Waals surface area (Å²) in [5, 5.41) is 2.75. The number of carbonyl (C=O) groups excluding carboxylic acids is 2. The second-order valence-corrected chi connectivity index (χ2v) is 7.52. The van der Waals surface area contributed by atoms with Gasteiger partial charge in [0.05, 0.1) is 23.0 Å². The Morgan fingerprint density at radius 2 is 1.88 bits per heavy atom. The van der Waals surface area contributed by atoms with Crippen molar-refractivity contribution in [2.45, 2.75) is 12.6 Å². The van der Waals surface area contributed by atoms with Gasteiger partial charge in [0.1, 0.15) is 24.1 Å². The summed E-state index contributed by atoms with van der Waals surface area (Å²) in [6.45, 7) is 0.596. The highest BCUT2D eigenvalue weighted by molar-refractivity contribution is 6.03. The van der Waals surface area contributed by atoms with Crippen molar-refractivity contribution in [3.63, 3.8) is 0 Å². The number of anilines is 1. The zero-order valence-electron chi connectivity index (χ0n) is 17.3. The lowest BCUT2D eigenvalue weighted by Gasteiger charge is -2.20. The van der Waals surface area contributed by atoms with Crippen LogP contribution in [0.1, 0.15) is 16.1 Å². The molecule has 0 saturated carbocycles. The van der Waals surface area contributed by atoms with E-state index in [0.717, 1.165) is 5.56 Å². The normalized spacial score (nSPS) is 15.7. The molecule has 0 bridgehead atoms. The van der Waals surface area contributed by atoms with E-state index in [4.69, 9.17) is 4.74 Å². The molecule has 1 aliphatic rings. The molecule has 32 heavy (non-hydrogen) atoms. The number of imidazole rings is 1. The number of nitrogens with zero attached hydrogens (tertiary/aromatic N) is 5. The smallest absolute Gasteiger partial charge is 0.272 e. The predicted molar refractivity (Wildman–Crippen MR) is 117 cm³/mol. The van der Waals surface area contributed by atoms with Gasteiger partial charge in [0.15, 0.2) is 0 Å². The summed E-state index contributed by atoms with van der Waals surface area (Å²) >= 11 is 0. The molecular formula is C23H20N6O3. The molecule has 160 valence electrons. The van der Waals surface area contributed by atoms with E-state index >= 15 is 0 Å². The Labute approximate surface area is 183 Å². The lowest BCUT2D eigenvalue weighted by atomic mass is 10.2. The first-order valence-corrected chi connectivity index (χ1v) is 10.1. The molecule has 1 atom stereocenters.